The number of rotatable bonds is 5. The van der Waals surface area contributed by atoms with Gasteiger partial charge in [0.1, 0.15) is 0 Å². The molecule has 1 aliphatic rings. The molecule has 0 unspecified atom stereocenters. The van der Waals surface area contributed by atoms with Crippen molar-refractivity contribution in [2.75, 3.05) is 19.6 Å². The topological polar surface area (TPSA) is 87.5 Å². The maximum absolute atomic E-state index is 12.1. The van der Waals surface area contributed by atoms with E-state index in [2.05, 4.69) is 22.8 Å². The highest BCUT2D eigenvalue weighted by Crippen LogP contribution is 2.18. The van der Waals surface area contributed by atoms with Gasteiger partial charge in [0.15, 0.2) is 0 Å². The quantitative estimate of drug-likeness (QED) is 0.748. The lowest BCUT2D eigenvalue weighted by Crippen LogP contribution is -2.44. The molecular formula is C16H25ClN4O2. The fraction of sp³-hybridized carbons (Fsp3) is 0.500. The molecule has 128 valence electrons. The van der Waals surface area contributed by atoms with Crippen molar-refractivity contribution in [2.24, 2.45) is 5.73 Å². The van der Waals surface area contributed by atoms with Crippen molar-refractivity contribution in [3.8, 4) is 0 Å². The third kappa shape index (κ3) is 5.73. The Labute approximate surface area is 143 Å². The van der Waals surface area contributed by atoms with Crippen molar-refractivity contribution in [1.82, 2.24) is 15.5 Å². The lowest BCUT2D eigenvalue weighted by atomic mass is 10.0. The molecule has 3 amide bonds. The first kappa shape index (κ1) is 19.3. The van der Waals surface area contributed by atoms with Crippen LogP contribution in [0.25, 0.3) is 0 Å². The molecule has 23 heavy (non-hydrogen) atoms. The van der Waals surface area contributed by atoms with Crippen LogP contribution in [0.15, 0.2) is 24.3 Å². The van der Waals surface area contributed by atoms with Crippen molar-refractivity contribution >= 4 is 24.3 Å². The summed E-state index contributed by atoms with van der Waals surface area (Å²) in [6, 6.07) is 8.01. The van der Waals surface area contributed by atoms with Gasteiger partial charge in [0.25, 0.3) is 0 Å². The van der Waals surface area contributed by atoms with Crippen LogP contribution >= 0.6 is 12.4 Å². The first-order valence-corrected chi connectivity index (χ1v) is 7.69. The van der Waals surface area contributed by atoms with Gasteiger partial charge in [-0.05, 0) is 24.5 Å². The molecule has 1 atom stereocenters. The number of hydrogen-bond donors (Lipinski definition) is 3. The van der Waals surface area contributed by atoms with Gasteiger partial charge in [0.2, 0.25) is 5.91 Å². The van der Waals surface area contributed by atoms with Crippen LogP contribution in [0.1, 0.15) is 24.5 Å². The molecule has 1 aromatic rings. The predicted octanol–water partition coefficient (Wildman–Crippen LogP) is 1.03. The van der Waals surface area contributed by atoms with E-state index in [1.807, 2.05) is 19.1 Å². The summed E-state index contributed by atoms with van der Waals surface area (Å²) in [6.45, 7) is 3.92. The summed E-state index contributed by atoms with van der Waals surface area (Å²) in [5, 5.41) is 5.57. The fourth-order valence-electron chi connectivity index (χ4n) is 2.47. The van der Waals surface area contributed by atoms with Crippen LogP contribution in [-0.4, -0.2) is 42.5 Å². The van der Waals surface area contributed by atoms with Crippen LogP contribution in [0.5, 0.6) is 0 Å². The Morgan fingerprint density at radius 2 is 2.00 bits per heavy atom. The highest BCUT2D eigenvalue weighted by molar-refractivity contribution is 5.85. The summed E-state index contributed by atoms with van der Waals surface area (Å²) in [5.41, 5.74) is 7.94. The number of benzene rings is 1. The van der Waals surface area contributed by atoms with Gasteiger partial charge in [-0.1, -0.05) is 24.3 Å². The summed E-state index contributed by atoms with van der Waals surface area (Å²) in [7, 11) is 0. The van der Waals surface area contributed by atoms with E-state index in [0.29, 0.717) is 26.2 Å². The van der Waals surface area contributed by atoms with Crippen molar-refractivity contribution in [1.29, 1.82) is 0 Å². The van der Waals surface area contributed by atoms with Crippen LogP contribution < -0.4 is 16.4 Å². The first-order valence-electron chi connectivity index (χ1n) is 7.69. The molecule has 1 aliphatic heterocycles. The third-order valence-corrected chi connectivity index (χ3v) is 3.81. The smallest absolute Gasteiger partial charge is 0.317 e. The minimum atomic E-state index is -0.117. The monoisotopic (exact) mass is 340 g/mol. The summed E-state index contributed by atoms with van der Waals surface area (Å²) >= 11 is 0. The summed E-state index contributed by atoms with van der Waals surface area (Å²) in [6.07, 6.45) is 1.14. The third-order valence-electron chi connectivity index (χ3n) is 3.81. The van der Waals surface area contributed by atoms with E-state index in [9.17, 15) is 9.59 Å². The number of nitrogens with two attached hydrogens (primary N) is 1. The summed E-state index contributed by atoms with van der Waals surface area (Å²) in [4.78, 5) is 25.5. The van der Waals surface area contributed by atoms with E-state index in [0.717, 1.165) is 6.42 Å². The van der Waals surface area contributed by atoms with E-state index >= 15 is 0 Å². The highest BCUT2D eigenvalue weighted by atomic mass is 35.5. The number of carbonyl (C=O) groups is 2. The van der Waals surface area contributed by atoms with Crippen LogP contribution in [0.4, 0.5) is 4.79 Å². The lowest BCUT2D eigenvalue weighted by molar-refractivity contribution is -0.121. The molecule has 0 saturated carbocycles. The van der Waals surface area contributed by atoms with Crippen molar-refractivity contribution in [3.63, 3.8) is 0 Å². The van der Waals surface area contributed by atoms with Gasteiger partial charge in [0, 0.05) is 38.6 Å². The van der Waals surface area contributed by atoms with Crippen LogP contribution in [0.2, 0.25) is 0 Å². The lowest BCUT2D eigenvalue weighted by Gasteiger charge is -2.28. The molecule has 0 radical (unpaired) electrons. The van der Waals surface area contributed by atoms with E-state index in [4.69, 9.17) is 5.73 Å². The number of amides is 3. The second kappa shape index (κ2) is 9.37. The van der Waals surface area contributed by atoms with E-state index < -0.39 is 0 Å². The van der Waals surface area contributed by atoms with Crippen molar-refractivity contribution in [3.05, 3.63) is 35.4 Å². The normalized spacial score (nSPS) is 14.3. The van der Waals surface area contributed by atoms with Gasteiger partial charge in [-0.3, -0.25) is 4.79 Å². The molecule has 0 saturated heterocycles. The number of fused-ring (bicyclic) bond motifs is 1. The zero-order chi connectivity index (χ0) is 15.9. The number of urea groups is 1. The van der Waals surface area contributed by atoms with Gasteiger partial charge < -0.3 is 21.3 Å². The predicted molar refractivity (Wildman–Crippen MR) is 92.5 cm³/mol. The molecule has 2 rings (SSSR count). The average molecular weight is 341 g/mol. The molecule has 0 aliphatic carbocycles. The molecular weight excluding hydrogens is 316 g/mol. The SMILES string of the molecule is C[C@@H](CN)NC(=O)CCNC(=O)N1CCc2ccccc2C1.Cl. The summed E-state index contributed by atoms with van der Waals surface area (Å²) < 4.78 is 0. The Morgan fingerprint density at radius 3 is 2.70 bits per heavy atom. The van der Waals surface area contributed by atoms with Crippen molar-refractivity contribution < 1.29 is 9.59 Å². The van der Waals surface area contributed by atoms with Crippen LogP contribution in [0.3, 0.4) is 0 Å². The molecule has 6 nitrogen and oxygen atoms in total. The van der Waals surface area contributed by atoms with Gasteiger partial charge >= 0.3 is 6.03 Å². The molecule has 0 bridgehead atoms. The fourth-order valence-corrected chi connectivity index (χ4v) is 2.47. The molecule has 0 aromatic heterocycles. The van der Waals surface area contributed by atoms with Gasteiger partial charge in [0.05, 0.1) is 0 Å². The van der Waals surface area contributed by atoms with E-state index in [1.165, 1.54) is 11.1 Å². The molecule has 7 heteroatoms. The minimum Gasteiger partial charge on any atom is -0.352 e. The average Bonchev–Trinajstić information content (AvgIpc) is 2.54. The molecule has 1 aromatic carbocycles. The molecule has 0 fully saturated rings. The minimum absolute atomic E-state index is 0. The number of nitrogens with zero attached hydrogens (tertiary/aromatic N) is 1. The standard InChI is InChI=1S/C16H24N4O2.ClH/c1-12(10-17)19-15(21)6-8-18-16(22)20-9-7-13-4-2-3-5-14(13)11-20;/h2-5,12H,6-11,17H2,1H3,(H,18,22)(H,19,21);1H/t12-;/m0./s1. The maximum atomic E-state index is 12.1. The Bertz CT molecular complexity index is 539. The number of carbonyl (C=O) groups excluding carboxylic acids is 2. The van der Waals surface area contributed by atoms with E-state index in [1.54, 1.807) is 4.90 Å². The van der Waals surface area contributed by atoms with Gasteiger partial charge in [-0.25, -0.2) is 4.79 Å². The van der Waals surface area contributed by atoms with Gasteiger partial charge in [-0.15, -0.1) is 12.4 Å². The Kier molecular flexibility index (Phi) is 7.85. The number of hydrogen-bond acceptors (Lipinski definition) is 3. The Morgan fingerprint density at radius 1 is 1.30 bits per heavy atom. The second-order valence-electron chi connectivity index (χ2n) is 5.63. The molecule has 4 N–H and O–H groups in total. The number of halogens is 1. The zero-order valence-electron chi connectivity index (χ0n) is 13.4. The molecule has 1 heterocycles. The zero-order valence-corrected chi connectivity index (χ0v) is 14.2. The van der Waals surface area contributed by atoms with Crippen LogP contribution in [-0.2, 0) is 17.8 Å². The van der Waals surface area contributed by atoms with E-state index in [-0.39, 0.29) is 36.8 Å². The maximum Gasteiger partial charge on any atom is 0.317 e. The molecule has 0 spiro atoms. The number of nitrogens with one attached hydrogen (secondary N) is 2. The van der Waals surface area contributed by atoms with Crippen LogP contribution in [0, 0.1) is 0 Å². The second-order valence-corrected chi connectivity index (χ2v) is 5.63. The Hall–Kier alpha value is -1.79. The Balaban J connectivity index is 0.00000264. The van der Waals surface area contributed by atoms with Crippen molar-refractivity contribution in [2.45, 2.75) is 32.4 Å². The highest BCUT2D eigenvalue weighted by Gasteiger charge is 2.20. The first-order chi connectivity index (χ1) is 10.6. The van der Waals surface area contributed by atoms with Gasteiger partial charge in [-0.2, -0.15) is 0 Å². The summed E-state index contributed by atoms with van der Waals surface area (Å²) in [5.74, 6) is -0.0951. The largest absolute Gasteiger partial charge is 0.352 e.